The summed E-state index contributed by atoms with van der Waals surface area (Å²) < 4.78 is 13.8. The molecule has 166 valence electrons. The first-order chi connectivity index (χ1) is 15.0. The predicted octanol–water partition coefficient (Wildman–Crippen LogP) is -1.74. The lowest BCUT2D eigenvalue weighted by molar-refractivity contribution is -0.655. The van der Waals surface area contributed by atoms with Crippen molar-refractivity contribution in [1.29, 1.82) is 0 Å². The van der Waals surface area contributed by atoms with E-state index in [-0.39, 0.29) is 18.7 Å². The summed E-state index contributed by atoms with van der Waals surface area (Å²) in [6, 6.07) is 7.07. The number of hydrogen-bond acceptors (Lipinski definition) is 7. The first-order valence-corrected chi connectivity index (χ1v) is 10.2. The Bertz CT molecular complexity index is 1160. The summed E-state index contributed by atoms with van der Waals surface area (Å²) in [7, 11) is 3.15. The standard InChI is InChI=1S/C20H26N6O5/c1-24-17-16(18(28)23-20(24)29)26(19(22-17)25-9-7-21-8-10-25)11-13(27)12-31-15-5-3-14(30-2)4-6-15/h3-6,13,21,27H,7-12H2,1-2H3,(H,23,28,29)/p+1. The minimum Gasteiger partial charge on any atom is -0.497 e. The number of nitrogens with one attached hydrogen (secondary N) is 1. The van der Waals surface area contributed by atoms with Crippen LogP contribution < -0.4 is 30.9 Å². The van der Waals surface area contributed by atoms with Gasteiger partial charge in [0, 0.05) is 7.05 Å². The summed E-state index contributed by atoms with van der Waals surface area (Å²) in [5.74, 6) is 1.88. The van der Waals surface area contributed by atoms with Gasteiger partial charge in [-0.1, -0.05) is 0 Å². The number of rotatable bonds is 7. The second-order valence-corrected chi connectivity index (χ2v) is 7.51. The average molecular weight is 431 g/mol. The van der Waals surface area contributed by atoms with E-state index in [1.807, 2.05) is 0 Å². The molecule has 0 radical (unpaired) electrons. The van der Waals surface area contributed by atoms with E-state index in [4.69, 9.17) is 9.47 Å². The molecular weight excluding hydrogens is 404 g/mol. The van der Waals surface area contributed by atoms with E-state index in [2.05, 4.69) is 20.2 Å². The molecule has 0 amide bonds. The number of ether oxygens (including phenoxy) is 2. The molecule has 1 aromatic carbocycles. The number of nitrogens with two attached hydrogens (primary N) is 1. The molecule has 3 heterocycles. The molecule has 0 saturated carbocycles. The van der Waals surface area contributed by atoms with Crippen LogP contribution in [0.4, 0.5) is 5.95 Å². The number of methoxy groups -OCH3 is 1. The Balaban J connectivity index is 1.62. The number of aromatic nitrogens is 4. The summed E-state index contributed by atoms with van der Waals surface area (Å²) in [4.78, 5) is 33.6. The number of quaternary nitrogens is 1. The van der Waals surface area contributed by atoms with Crippen molar-refractivity contribution in [2.45, 2.75) is 12.6 Å². The number of fused-ring (bicyclic) bond motifs is 1. The van der Waals surface area contributed by atoms with Crippen molar-refractivity contribution in [2.24, 2.45) is 7.05 Å². The molecule has 1 aliphatic rings. The lowest BCUT2D eigenvalue weighted by atomic mass is 10.3. The molecule has 11 nitrogen and oxygen atoms in total. The van der Waals surface area contributed by atoms with Crippen LogP contribution in [0.3, 0.4) is 0 Å². The first kappa shape index (κ1) is 20.9. The number of anilines is 1. The van der Waals surface area contributed by atoms with Crippen molar-refractivity contribution in [1.82, 2.24) is 19.1 Å². The Morgan fingerprint density at radius 1 is 1.19 bits per heavy atom. The Morgan fingerprint density at radius 2 is 1.87 bits per heavy atom. The van der Waals surface area contributed by atoms with Gasteiger partial charge in [0.2, 0.25) is 5.95 Å². The summed E-state index contributed by atoms with van der Waals surface area (Å²) in [5.41, 5.74) is -0.496. The third-order valence-electron chi connectivity index (χ3n) is 5.37. The zero-order valence-corrected chi connectivity index (χ0v) is 17.6. The number of hydrogen-bond donors (Lipinski definition) is 3. The highest BCUT2D eigenvalue weighted by Gasteiger charge is 2.25. The Kier molecular flexibility index (Phi) is 5.96. The molecule has 4 N–H and O–H groups in total. The highest BCUT2D eigenvalue weighted by Crippen LogP contribution is 2.21. The van der Waals surface area contributed by atoms with Crippen molar-refractivity contribution < 1.29 is 19.9 Å². The van der Waals surface area contributed by atoms with E-state index < -0.39 is 17.4 Å². The summed E-state index contributed by atoms with van der Waals surface area (Å²) in [5, 5.41) is 12.9. The van der Waals surface area contributed by atoms with Crippen molar-refractivity contribution in [3.05, 3.63) is 45.1 Å². The number of nitrogens with zero attached hydrogens (tertiary/aromatic N) is 4. The molecule has 0 aliphatic carbocycles. The maximum absolute atomic E-state index is 12.6. The molecule has 3 aromatic rings. The molecule has 31 heavy (non-hydrogen) atoms. The summed E-state index contributed by atoms with van der Waals surface area (Å²) in [6.07, 6.45) is -0.897. The molecule has 0 bridgehead atoms. The van der Waals surface area contributed by atoms with Crippen LogP contribution in [-0.2, 0) is 13.6 Å². The number of aromatic amines is 1. The largest absolute Gasteiger partial charge is 0.497 e. The molecule has 1 atom stereocenters. The Hall–Kier alpha value is -3.31. The fourth-order valence-corrected chi connectivity index (χ4v) is 3.72. The molecule has 1 aliphatic heterocycles. The van der Waals surface area contributed by atoms with Gasteiger partial charge < -0.3 is 29.4 Å². The normalized spacial score (nSPS) is 15.3. The number of benzene rings is 1. The van der Waals surface area contributed by atoms with Gasteiger partial charge in [0.05, 0.1) is 39.8 Å². The fraction of sp³-hybridized carbons (Fsp3) is 0.450. The lowest BCUT2D eigenvalue weighted by Gasteiger charge is -2.27. The van der Waals surface area contributed by atoms with Crippen LogP contribution in [0.1, 0.15) is 0 Å². The van der Waals surface area contributed by atoms with Gasteiger partial charge in [0.1, 0.15) is 24.2 Å². The first-order valence-electron chi connectivity index (χ1n) is 10.2. The number of aliphatic hydroxyl groups is 1. The predicted molar refractivity (Wildman–Crippen MR) is 114 cm³/mol. The molecule has 2 aromatic heterocycles. The van der Waals surface area contributed by atoms with Gasteiger partial charge in [-0.15, -0.1) is 0 Å². The number of piperazine rings is 1. The average Bonchev–Trinajstić information content (AvgIpc) is 3.17. The number of aryl methyl sites for hydroxylation is 1. The highest BCUT2D eigenvalue weighted by molar-refractivity contribution is 5.74. The van der Waals surface area contributed by atoms with Crippen molar-refractivity contribution >= 4 is 17.1 Å². The molecule has 11 heteroatoms. The third kappa shape index (κ3) is 4.28. The van der Waals surface area contributed by atoms with Gasteiger partial charge in [0.25, 0.3) is 5.56 Å². The smallest absolute Gasteiger partial charge is 0.329 e. The number of imidazole rings is 1. The molecule has 1 unspecified atom stereocenters. The van der Waals surface area contributed by atoms with Crippen molar-refractivity contribution in [3.8, 4) is 11.5 Å². The maximum atomic E-state index is 12.6. The topological polar surface area (TPSA) is 131 Å². The lowest BCUT2D eigenvalue weighted by Crippen LogP contribution is -2.89. The van der Waals surface area contributed by atoms with Crippen LogP contribution in [0, 0.1) is 0 Å². The third-order valence-corrected chi connectivity index (χ3v) is 5.37. The van der Waals surface area contributed by atoms with Crippen LogP contribution in [-0.4, -0.2) is 70.2 Å². The molecule has 1 fully saturated rings. The van der Waals surface area contributed by atoms with Gasteiger partial charge in [-0.3, -0.25) is 14.3 Å². The quantitative estimate of drug-likeness (QED) is 0.405. The van der Waals surface area contributed by atoms with Gasteiger partial charge >= 0.3 is 5.69 Å². The minimum absolute atomic E-state index is 0.0306. The van der Waals surface area contributed by atoms with E-state index in [1.54, 1.807) is 43.0 Å². The second-order valence-electron chi connectivity index (χ2n) is 7.51. The van der Waals surface area contributed by atoms with Crippen LogP contribution in [0.15, 0.2) is 33.9 Å². The van der Waals surface area contributed by atoms with Crippen LogP contribution in [0.5, 0.6) is 11.5 Å². The summed E-state index contributed by atoms with van der Waals surface area (Å²) >= 11 is 0. The van der Waals surface area contributed by atoms with Crippen molar-refractivity contribution in [2.75, 3.05) is 44.8 Å². The fourth-order valence-electron chi connectivity index (χ4n) is 3.72. The van der Waals surface area contributed by atoms with Crippen molar-refractivity contribution in [3.63, 3.8) is 0 Å². The van der Waals surface area contributed by atoms with Crippen LogP contribution >= 0.6 is 0 Å². The zero-order chi connectivity index (χ0) is 22.0. The monoisotopic (exact) mass is 431 g/mol. The number of H-pyrrole nitrogens is 1. The molecule has 0 spiro atoms. The molecular formula is C20H27N6O5+. The second kappa shape index (κ2) is 8.82. The Morgan fingerprint density at radius 3 is 2.55 bits per heavy atom. The van der Waals surface area contributed by atoms with Gasteiger partial charge in [-0.25, -0.2) is 4.79 Å². The van der Waals surface area contributed by atoms with Gasteiger partial charge in [0.15, 0.2) is 11.2 Å². The summed E-state index contributed by atoms with van der Waals surface area (Å²) in [6.45, 7) is 3.46. The van der Waals surface area contributed by atoms with E-state index >= 15 is 0 Å². The van der Waals surface area contributed by atoms with Crippen LogP contribution in [0.2, 0.25) is 0 Å². The van der Waals surface area contributed by atoms with E-state index in [0.29, 0.717) is 23.1 Å². The highest BCUT2D eigenvalue weighted by atomic mass is 16.5. The van der Waals surface area contributed by atoms with Gasteiger partial charge in [-0.05, 0) is 24.3 Å². The van der Waals surface area contributed by atoms with Crippen LogP contribution in [0.25, 0.3) is 11.2 Å². The molecule has 4 rings (SSSR count). The Labute approximate surface area is 177 Å². The molecule has 1 saturated heterocycles. The van der Waals surface area contributed by atoms with E-state index in [0.717, 1.165) is 26.2 Å². The van der Waals surface area contributed by atoms with Gasteiger partial charge in [-0.2, -0.15) is 4.98 Å². The maximum Gasteiger partial charge on any atom is 0.329 e. The number of aliphatic hydroxyl groups excluding tert-OH is 1. The zero-order valence-electron chi connectivity index (χ0n) is 17.6. The minimum atomic E-state index is -0.897. The van der Waals surface area contributed by atoms with E-state index in [9.17, 15) is 14.7 Å². The SMILES string of the molecule is COc1ccc(OCC(O)Cn2c(N3CC[NH2+]CC3)nc3c2c(=O)[nH]c(=O)n3C)cc1. The van der Waals surface area contributed by atoms with E-state index in [1.165, 1.54) is 4.57 Å².